The smallest absolute Gasteiger partial charge is 0.434 e. The number of carbonyl (C=O) groups is 1. The highest BCUT2D eigenvalue weighted by Gasteiger charge is 2.33. The first-order chi connectivity index (χ1) is 18.8. The molecule has 1 aliphatic rings. The highest BCUT2D eigenvalue weighted by atomic mass is 32.1. The van der Waals surface area contributed by atoms with E-state index < -0.39 is 42.3 Å². The molecule has 1 aliphatic heterocycles. The van der Waals surface area contributed by atoms with Crippen LogP contribution in [-0.4, -0.2) is 57.1 Å². The standard InChI is InChI=1S/C24H23F7N6O2S/c1-13-20(22(40-36-13)35-19-12-32-11-18(34-19)24(29,30)31)21(38)33-14-2-3-16(25)17(10-14)39-15-4-7-37(8-5-15)9-6-23(26,27)28/h2-3,10-12,15H,4-9H2,1H3,(H,33,38)(H,34,35). The molecule has 2 aromatic heterocycles. The summed E-state index contributed by atoms with van der Waals surface area (Å²) >= 11 is 0.835. The maximum Gasteiger partial charge on any atom is 0.434 e. The van der Waals surface area contributed by atoms with Gasteiger partial charge in [-0.25, -0.2) is 9.37 Å². The van der Waals surface area contributed by atoms with Crippen molar-refractivity contribution in [3.8, 4) is 5.75 Å². The highest BCUT2D eigenvalue weighted by molar-refractivity contribution is 7.10. The molecule has 216 valence electrons. The number of nitrogens with one attached hydrogen (secondary N) is 2. The van der Waals surface area contributed by atoms with E-state index in [2.05, 4.69) is 25.0 Å². The number of alkyl halides is 6. The zero-order valence-corrected chi connectivity index (χ0v) is 21.7. The molecule has 16 heteroatoms. The molecule has 1 amide bonds. The third kappa shape index (κ3) is 7.78. The van der Waals surface area contributed by atoms with Gasteiger partial charge in [-0.2, -0.15) is 30.7 Å². The number of likely N-dealkylation sites (tertiary alicyclic amines) is 1. The van der Waals surface area contributed by atoms with E-state index in [1.807, 2.05) is 0 Å². The summed E-state index contributed by atoms with van der Waals surface area (Å²) in [5, 5.41) is 5.36. The first-order valence-electron chi connectivity index (χ1n) is 12.0. The number of anilines is 3. The lowest BCUT2D eigenvalue weighted by molar-refractivity contribution is -0.141. The first-order valence-corrected chi connectivity index (χ1v) is 12.7. The van der Waals surface area contributed by atoms with Crippen LogP contribution in [-0.2, 0) is 6.18 Å². The van der Waals surface area contributed by atoms with E-state index in [1.165, 1.54) is 19.1 Å². The number of piperidine rings is 1. The number of aromatic nitrogens is 3. The summed E-state index contributed by atoms with van der Waals surface area (Å²) in [6.45, 7) is 2.17. The van der Waals surface area contributed by atoms with Gasteiger partial charge in [0.1, 0.15) is 16.9 Å². The van der Waals surface area contributed by atoms with Gasteiger partial charge in [0.05, 0.1) is 30.1 Å². The van der Waals surface area contributed by atoms with Crippen LogP contribution in [0.15, 0.2) is 30.6 Å². The van der Waals surface area contributed by atoms with Crippen LogP contribution >= 0.6 is 11.5 Å². The van der Waals surface area contributed by atoms with Gasteiger partial charge in [-0.1, -0.05) is 0 Å². The average molecular weight is 593 g/mol. The summed E-state index contributed by atoms with van der Waals surface area (Å²) in [5.41, 5.74) is -0.696. The first kappa shape index (κ1) is 29.5. The van der Waals surface area contributed by atoms with E-state index in [4.69, 9.17) is 4.74 Å². The molecule has 0 atom stereocenters. The van der Waals surface area contributed by atoms with Gasteiger partial charge in [0, 0.05) is 31.4 Å². The monoisotopic (exact) mass is 592 g/mol. The number of hydrogen-bond acceptors (Lipinski definition) is 8. The second-order valence-corrected chi connectivity index (χ2v) is 9.78. The summed E-state index contributed by atoms with van der Waals surface area (Å²) in [6.07, 6.45) is -7.82. The molecule has 1 saturated heterocycles. The molecule has 3 aromatic rings. The van der Waals surface area contributed by atoms with Crippen molar-refractivity contribution in [2.45, 2.75) is 44.6 Å². The Kier molecular flexibility index (Phi) is 8.77. The molecule has 0 spiro atoms. The van der Waals surface area contributed by atoms with Crippen LogP contribution in [0.4, 0.5) is 47.2 Å². The Labute approximate surface area is 227 Å². The summed E-state index contributed by atoms with van der Waals surface area (Å²) in [5.74, 6) is -1.72. The van der Waals surface area contributed by atoms with Crippen LogP contribution in [0.2, 0.25) is 0 Å². The molecule has 3 heterocycles. The van der Waals surface area contributed by atoms with Crippen molar-refractivity contribution in [1.29, 1.82) is 0 Å². The minimum atomic E-state index is -4.71. The Bertz CT molecular complexity index is 1340. The van der Waals surface area contributed by atoms with Crippen molar-refractivity contribution < 1.29 is 40.3 Å². The third-order valence-electron chi connectivity index (χ3n) is 5.99. The van der Waals surface area contributed by atoms with Gasteiger partial charge in [0.15, 0.2) is 17.3 Å². The molecule has 0 radical (unpaired) electrons. The lowest BCUT2D eigenvalue weighted by Gasteiger charge is -2.32. The van der Waals surface area contributed by atoms with Gasteiger partial charge in [0.25, 0.3) is 5.91 Å². The number of ether oxygens (including phenoxy) is 1. The molecular weight excluding hydrogens is 569 g/mol. The van der Waals surface area contributed by atoms with Crippen LogP contribution in [0.3, 0.4) is 0 Å². The molecule has 0 unspecified atom stereocenters. The van der Waals surface area contributed by atoms with Gasteiger partial charge in [-0.3, -0.25) is 9.78 Å². The van der Waals surface area contributed by atoms with Crippen LogP contribution in [0, 0.1) is 12.7 Å². The molecule has 0 bridgehead atoms. The summed E-state index contributed by atoms with van der Waals surface area (Å²) in [4.78, 5) is 21.7. The minimum absolute atomic E-state index is 0.0437. The van der Waals surface area contributed by atoms with Crippen LogP contribution < -0.4 is 15.4 Å². The summed E-state index contributed by atoms with van der Waals surface area (Å²) in [7, 11) is 0. The van der Waals surface area contributed by atoms with Gasteiger partial charge in [-0.05, 0) is 43.4 Å². The lowest BCUT2D eigenvalue weighted by atomic mass is 10.1. The predicted molar refractivity (Wildman–Crippen MR) is 132 cm³/mol. The molecule has 1 aromatic carbocycles. The number of halogens is 7. The number of hydrogen-bond donors (Lipinski definition) is 2. The van der Waals surface area contributed by atoms with Gasteiger partial charge in [-0.15, -0.1) is 0 Å². The Hall–Kier alpha value is -3.53. The van der Waals surface area contributed by atoms with E-state index in [0.717, 1.165) is 23.8 Å². The Morgan fingerprint density at radius 1 is 1.15 bits per heavy atom. The maximum absolute atomic E-state index is 14.5. The third-order valence-corrected chi connectivity index (χ3v) is 6.84. The van der Waals surface area contributed by atoms with Crippen molar-refractivity contribution in [2.24, 2.45) is 0 Å². The molecular formula is C24H23F7N6O2S. The average Bonchev–Trinajstić information content (AvgIpc) is 3.24. The summed E-state index contributed by atoms with van der Waals surface area (Å²) < 4.78 is 101. The number of amides is 1. The van der Waals surface area contributed by atoms with E-state index in [-0.39, 0.29) is 34.4 Å². The van der Waals surface area contributed by atoms with E-state index in [9.17, 15) is 35.5 Å². The number of nitrogens with zero attached hydrogens (tertiary/aromatic N) is 4. The van der Waals surface area contributed by atoms with Gasteiger partial charge in [0.2, 0.25) is 0 Å². The second kappa shape index (κ2) is 11.9. The minimum Gasteiger partial charge on any atom is -0.487 e. The molecule has 8 nitrogen and oxygen atoms in total. The maximum atomic E-state index is 14.5. The zero-order valence-electron chi connectivity index (χ0n) is 20.9. The van der Waals surface area contributed by atoms with Crippen molar-refractivity contribution >= 4 is 33.9 Å². The van der Waals surface area contributed by atoms with Crippen molar-refractivity contribution in [3.05, 3.63) is 53.4 Å². The van der Waals surface area contributed by atoms with Crippen molar-refractivity contribution in [1.82, 2.24) is 19.2 Å². The van der Waals surface area contributed by atoms with Crippen molar-refractivity contribution in [3.63, 3.8) is 0 Å². The van der Waals surface area contributed by atoms with Gasteiger partial charge < -0.3 is 20.3 Å². The number of carbonyl (C=O) groups excluding carboxylic acids is 1. The largest absolute Gasteiger partial charge is 0.487 e. The zero-order chi connectivity index (χ0) is 29.1. The number of aryl methyl sites for hydroxylation is 1. The molecule has 0 saturated carbocycles. The normalized spacial score (nSPS) is 15.2. The number of benzene rings is 1. The topological polar surface area (TPSA) is 92.3 Å². The van der Waals surface area contributed by atoms with Crippen molar-refractivity contribution in [2.75, 3.05) is 30.3 Å². The Balaban J connectivity index is 1.40. The number of rotatable bonds is 8. The van der Waals surface area contributed by atoms with E-state index >= 15 is 0 Å². The highest BCUT2D eigenvalue weighted by Crippen LogP contribution is 2.32. The fourth-order valence-electron chi connectivity index (χ4n) is 3.98. The van der Waals surface area contributed by atoms with E-state index in [0.29, 0.717) is 37.8 Å². The summed E-state index contributed by atoms with van der Waals surface area (Å²) in [6, 6.07) is 3.68. The van der Waals surface area contributed by atoms with E-state index in [1.54, 1.807) is 4.90 Å². The fourth-order valence-corrected chi connectivity index (χ4v) is 4.78. The lowest BCUT2D eigenvalue weighted by Crippen LogP contribution is -2.39. The Morgan fingerprint density at radius 2 is 1.88 bits per heavy atom. The quantitative estimate of drug-likeness (QED) is 0.302. The van der Waals surface area contributed by atoms with Crippen LogP contribution in [0.5, 0.6) is 5.75 Å². The fraction of sp³-hybridized carbons (Fsp3) is 0.417. The van der Waals surface area contributed by atoms with Gasteiger partial charge >= 0.3 is 12.4 Å². The second-order valence-electron chi connectivity index (χ2n) is 9.01. The predicted octanol–water partition coefficient (Wildman–Crippen LogP) is 6.19. The molecule has 4 rings (SSSR count). The van der Waals surface area contributed by atoms with Crippen LogP contribution in [0.25, 0.3) is 0 Å². The molecule has 0 aliphatic carbocycles. The molecule has 2 N–H and O–H groups in total. The Morgan fingerprint density at radius 3 is 2.55 bits per heavy atom. The van der Waals surface area contributed by atoms with Crippen LogP contribution in [0.1, 0.15) is 41.0 Å². The molecule has 1 fully saturated rings. The SMILES string of the molecule is Cc1nsc(Nc2cncc(C(F)(F)F)n2)c1C(=O)Nc1ccc(F)c(OC2CCN(CCC(F)(F)F)CC2)c1. The molecule has 40 heavy (non-hydrogen) atoms.